The maximum Gasteiger partial charge on any atom is 0.233 e. The largest absolute Gasteiger partial charge is 0.493 e. The van der Waals surface area contributed by atoms with Crippen LogP contribution in [0.2, 0.25) is 10.0 Å². The van der Waals surface area contributed by atoms with Crippen LogP contribution in [0.4, 0.5) is 0 Å². The van der Waals surface area contributed by atoms with Crippen molar-refractivity contribution in [3.63, 3.8) is 0 Å². The third-order valence-corrected chi connectivity index (χ3v) is 5.49. The van der Waals surface area contributed by atoms with Gasteiger partial charge in [-0.2, -0.15) is 0 Å². The maximum absolute atomic E-state index is 11.5. The molecule has 0 unspecified atom stereocenters. The molecular formula is C14H17Cl3O3S. The second-order valence-corrected chi connectivity index (χ2v) is 9.29. The number of halogens is 3. The third-order valence-electron chi connectivity index (χ3n) is 3.77. The Labute approximate surface area is 139 Å². The highest BCUT2D eigenvalue weighted by Gasteiger charge is 2.37. The molecule has 21 heavy (non-hydrogen) atoms. The van der Waals surface area contributed by atoms with Crippen molar-refractivity contribution >= 4 is 42.9 Å². The van der Waals surface area contributed by atoms with E-state index in [9.17, 15) is 8.42 Å². The Kier molecular flexibility index (Phi) is 5.69. The summed E-state index contributed by atoms with van der Waals surface area (Å²) in [4.78, 5) is 0. The monoisotopic (exact) mass is 370 g/mol. The first kappa shape index (κ1) is 17.2. The van der Waals surface area contributed by atoms with Crippen LogP contribution >= 0.6 is 33.9 Å². The molecule has 0 radical (unpaired) electrons. The molecule has 2 rings (SSSR count). The lowest BCUT2D eigenvalue weighted by molar-refractivity contribution is 0.119. The summed E-state index contributed by atoms with van der Waals surface area (Å²) in [5, 5.41) is 0.973. The van der Waals surface area contributed by atoms with Crippen molar-refractivity contribution in [2.45, 2.75) is 32.1 Å². The Morgan fingerprint density at radius 1 is 1.05 bits per heavy atom. The zero-order valence-electron chi connectivity index (χ0n) is 11.4. The van der Waals surface area contributed by atoms with Crippen LogP contribution in [0.3, 0.4) is 0 Å². The molecule has 0 aromatic heterocycles. The van der Waals surface area contributed by atoms with Crippen LogP contribution in [0, 0.1) is 5.41 Å². The molecule has 3 nitrogen and oxygen atoms in total. The highest BCUT2D eigenvalue weighted by molar-refractivity contribution is 8.13. The van der Waals surface area contributed by atoms with Crippen LogP contribution < -0.4 is 4.74 Å². The molecule has 1 aliphatic carbocycles. The summed E-state index contributed by atoms with van der Waals surface area (Å²) < 4.78 is 28.7. The van der Waals surface area contributed by atoms with Gasteiger partial charge >= 0.3 is 0 Å². The lowest BCUT2D eigenvalue weighted by atomic mass is 9.76. The lowest BCUT2D eigenvalue weighted by Crippen LogP contribution is -2.36. The van der Waals surface area contributed by atoms with Gasteiger partial charge in [-0.1, -0.05) is 42.5 Å². The van der Waals surface area contributed by atoms with Crippen molar-refractivity contribution in [3.8, 4) is 5.75 Å². The van der Waals surface area contributed by atoms with Gasteiger partial charge in [0.25, 0.3) is 0 Å². The molecule has 1 saturated carbocycles. The van der Waals surface area contributed by atoms with Crippen molar-refractivity contribution in [3.05, 3.63) is 28.2 Å². The average molecular weight is 372 g/mol. The number of benzene rings is 1. The number of hydrogen-bond donors (Lipinski definition) is 0. The van der Waals surface area contributed by atoms with Crippen LogP contribution in [-0.4, -0.2) is 20.8 Å². The second-order valence-electron chi connectivity index (χ2n) is 5.64. The third kappa shape index (κ3) is 5.51. The highest BCUT2D eigenvalue weighted by Crippen LogP contribution is 2.39. The van der Waals surface area contributed by atoms with Gasteiger partial charge in [-0.25, -0.2) is 8.42 Å². The lowest BCUT2D eigenvalue weighted by Gasteiger charge is -2.35. The van der Waals surface area contributed by atoms with Crippen molar-refractivity contribution < 1.29 is 13.2 Å². The summed E-state index contributed by atoms with van der Waals surface area (Å²) in [5.41, 5.74) is -0.423. The van der Waals surface area contributed by atoms with Crippen molar-refractivity contribution in [1.29, 1.82) is 0 Å². The summed E-state index contributed by atoms with van der Waals surface area (Å²) in [5.74, 6) is 0.486. The molecule has 1 aliphatic rings. The van der Waals surface area contributed by atoms with Gasteiger partial charge in [-0.3, -0.25) is 0 Å². The molecule has 0 heterocycles. The minimum atomic E-state index is -3.56. The number of ether oxygens (including phenoxy) is 1. The molecule has 0 bridgehead atoms. The Morgan fingerprint density at radius 2 is 1.62 bits per heavy atom. The Balaban J connectivity index is 2.11. The highest BCUT2D eigenvalue weighted by atomic mass is 35.7. The fraction of sp³-hybridized carbons (Fsp3) is 0.571. The Bertz CT molecular complexity index is 575. The van der Waals surface area contributed by atoms with Gasteiger partial charge in [-0.15, -0.1) is 0 Å². The van der Waals surface area contributed by atoms with E-state index in [4.69, 9.17) is 38.6 Å². The summed E-state index contributed by atoms with van der Waals surface area (Å²) in [7, 11) is 1.90. The van der Waals surface area contributed by atoms with E-state index < -0.39 is 14.5 Å². The molecule has 0 atom stereocenters. The maximum atomic E-state index is 11.5. The van der Waals surface area contributed by atoms with Gasteiger partial charge in [0.1, 0.15) is 5.75 Å². The normalized spacial score (nSPS) is 18.4. The zero-order chi connectivity index (χ0) is 15.5. The van der Waals surface area contributed by atoms with Gasteiger partial charge < -0.3 is 4.74 Å². The summed E-state index contributed by atoms with van der Waals surface area (Å²) >= 11 is 11.9. The second kappa shape index (κ2) is 6.95. The predicted molar refractivity (Wildman–Crippen MR) is 87.1 cm³/mol. The van der Waals surface area contributed by atoms with Crippen molar-refractivity contribution in [1.82, 2.24) is 0 Å². The Hall–Kier alpha value is -0.160. The standard InChI is InChI=1S/C14H17Cl3O3S/c15-11-6-12(16)8-13(7-11)20-9-14(10-21(17,18)19)4-2-1-3-5-14/h6-8H,1-5,9-10H2. The summed E-state index contributed by atoms with van der Waals surface area (Å²) in [6.45, 7) is 0.301. The van der Waals surface area contributed by atoms with E-state index in [1.165, 1.54) is 0 Å². The Morgan fingerprint density at radius 3 is 2.14 bits per heavy atom. The van der Waals surface area contributed by atoms with Gasteiger partial charge in [0.2, 0.25) is 9.05 Å². The molecule has 118 valence electrons. The summed E-state index contributed by atoms with van der Waals surface area (Å²) in [6.07, 6.45) is 4.70. The smallest absolute Gasteiger partial charge is 0.233 e. The quantitative estimate of drug-likeness (QED) is 0.692. The van der Waals surface area contributed by atoms with Crippen LogP contribution in [0.25, 0.3) is 0 Å². The zero-order valence-corrected chi connectivity index (χ0v) is 14.5. The summed E-state index contributed by atoms with van der Waals surface area (Å²) in [6, 6.07) is 4.95. The minimum Gasteiger partial charge on any atom is -0.493 e. The van der Waals surface area contributed by atoms with E-state index in [2.05, 4.69) is 0 Å². The molecule has 1 aromatic carbocycles. The van der Waals surface area contributed by atoms with Crippen molar-refractivity contribution in [2.75, 3.05) is 12.4 Å². The van der Waals surface area contributed by atoms with Crippen LogP contribution in [0.5, 0.6) is 5.75 Å². The van der Waals surface area contributed by atoms with E-state index in [1.54, 1.807) is 18.2 Å². The fourth-order valence-electron chi connectivity index (χ4n) is 2.85. The van der Waals surface area contributed by atoms with E-state index in [-0.39, 0.29) is 5.75 Å². The fourth-order valence-corrected chi connectivity index (χ4v) is 5.15. The van der Waals surface area contributed by atoms with Gasteiger partial charge in [0.05, 0.1) is 12.4 Å². The van der Waals surface area contributed by atoms with E-state index in [1.807, 2.05) is 0 Å². The van der Waals surface area contributed by atoms with Gasteiger partial charge in [-0.05, 0) is 31.0 Å². The van der Waals surface area contributed by atoms with Gasteiger partial charge in [0, 0.05) is 26.1 Å². The first-order valence-corrected chi connectivity index (χ1v) is 10.0. The first-order valence-electron chi connectivity index (χ1n) is 6.79. The van der Waals surface area contributed by atoms with E-state index >= 15 is 0 Å². The van der Waals surface area contributed by atoms with Gasteiger partial charge in [0.15, 0.2) is 0 Å². The molecular weight excluding hydrogens is 355 g/mol. The molecule has 1 fully saturated rings. The molecule has 1 aromatic rings. The van der Waals surface area contributed by atoms with Crippen molar-refractivity contribution in [2.24, 2.45) is 5.41 Å². The van der Waals surface area contributed by atoms with E-state index in [0.717, 1.165) is 32.1 Å². The van der Waals surface area contributed by atoms with Crippen LogP contribution in [0.15, 0.2) is 18.2 Å². The number of rotatable bonds is 5. The molecule has 0 saturated heterocycles. The molecule has 7 heteroatoms. The first-order chi connectivity index (χ1) is 9.78. The van der Waals surface area contributed by atoms with E-state index in [0.29, 0.717) is 22.4 Å². The molecule has 0 N–H and O–H groups in total. The molecule has 0 spiro atoms. The molecule has 0 amide bonds. The van der Waals surface area contributed by atoms with Crippen LogP contribution in [0.1, 0.15) is 32.1 Å². The SMILES string of the molecule is O=S(=O)(Cl)CC1(COc2cc(Cl)cc(Cl)c2)CCCCC1. The number of hydrogen-bond acceptors (Lipinski definition) is 3. The average Bonchev–Trinajstić information content (AvgIpc) is 2.34. The molecule has 0 aliphatic heterocycles. The predicted octanol–water partition coefficient (Wildman–Crippen LogP) is 4.89. The van der Waals surface area contributed by atoms with Crippen LogP contribution in [-0.2, 0) is 9.05 Å². The topological polar surface area (TPSA) is 43.4 Å². The minimum absolute atomic E-state index is 0.0597.